The van der Waals surface area contributed by atoms with Crippen LogP contribution in [0.4, 0.5) is 10.8 Å². The van der Waals surface area contributed by atoms with Crippen LogP contribution in [0.2, 0.25) is 0 Å². The molecule has 1 heterocycles. The van der Waals surface area contributed by atoms with Gasteiger partial charge in [-0.05, 0) is 55.0 Å². The number of rotatable bonds is 5. The Morgan fingerprint density at radius 3 is 2.19 bits per heavy atom. The Labute approximate surface area is 185 Å². The van der Waals surface area contributed by atoms with Crippen molar-refractivity contribution in [1.29, 1.82) is 0 Å². The number of aromatic nitrogens is 1. The van der Waals surface area contributed by atoms with E-state index < -0.39 is 10.0 Å². The Kier molecular flexibility index (Phi) is 5.62. The summed E-state index contributed by atoms with van der Waals surface area (Å²) in [7, 11) is -0.623. The van der Waals surface area contributed by atoms with E-state index >= 15 is 0 Å². The number of amides is 1. The van der Waals surface area contributed by atoms with Gasteiger partial charge in [-0.3, -0.25) is 9.69 Å². The first-order chi connectivity index (χ1) is 14.8. The number of thiazole rings is 1. The highest BCUT2D eigenvalue weighted by Gasteiger charge is 2.25. The Morgan fingerprint density at radius 1 is 0.903 bits per heavy atom. The number of nitrogens with zero attached hydrogens (tertiary/aromatic N) is 3. The minimum absolute atomic E-state index is 0.136. The zero-order valence-corrected chi connectivity index (χ0v) is 18.9. The van der Waals surface area contributed by atoms with Gasteiger partial charge in [0.15, 0.2) is 5.13 Å². The Balaban J connectivity index is 1.80. The largest absolute Gasteiger partial charge is 0.268 e. The number of fused-ring (bicyclic) bond motifs is 1. The van der Waals surface area contributed by atoms with Gasteiger partial charge in [0.1, 0.15) is 0 Å². The number of carbonyl (C=O) groups is 1. The minimum atomic E-state index is -3.57. The number of benzene rings is 3. The van der Waals surface area contributed by atoms with E-state index in [9.17, 15) is 13.2 Å². The first kappa shape index (κ1) is 21.2. The number of hydrogen-bond donors (Lipinski definition) is 0. The van der Waals surface area contributed by atoms with Crippen molar-refractivity contribution in [1.82, 2.24) is 9.29 Å². The molecule has 158 valence electrons. The molecule has 0 spiro atoms. The molecule has 8 heteroatoms. The van der Waals surface area contributed by atoms with E-state index in [2.05, 4.69) is 4.98 Å². The zero-order valence-electron chi connectivity index (χ0n) is 17.3. The molecule has 1 amide bonds. The van der Waals surface area contributed by atoms with Crippen molar-refractivity contribution in [2.24, 2.45) is 0 Å². The van der Waals surface area contributed by atoms with Gasteiger partial charge >= 0.3 is 0 Å². The molecule has 1 aromatic heterocycles. The predicted molar refractivity (Wildman–Crippen MR) is 125 cm³/mol. The molecule has 0 bridgehead atoms. The zero-order chi connectivity index (χ0) is 22.2. The van der Waals surface area contributed by atoms with Crippen LogP contribution in [0.25, 0.3) is 10.2 Å². The summed E-state index contributed by atoms with van der Waals surface area (Å²) >= 11 is 1.43. The van der Waals surface area contributed by atoms with Crippen LogP contribution in [0.5, 0.6) is 0 Å². The SMILES string of the molecule is Cc1ccccc1N(C(=O)c1ccc(S(=O)(=O)N(C)C)cc1)c1nc2ccccc2s1. The van der Waals surface area contributed by atoms with E-state index in [1.807, 2.05) is 55.5 Å². The molecule has 0 aliphatic heterocycles. The van der Waals surface area contributed by atoms with Crippen LogP contribution in [-0.4, -0.2) is 37.7 Å². The molecule has 0 aliphatic carbocycles. The van der Waals surface area contributed by atoms with Gasteiger partial charge in [-0.15, -0.1) is 0 Å². The third kappa shape index (κ3) is 3.97. The fourth-order valence-corrected chi connectivity index (χ4v) is 5.06. The molecule has 0 aliphatic rings. The third-order valence-corrected chi connectivity index (χ3v) is 7.76. The lowest BCUT2D eigenvalue weighted by molar-refractivity contribution is 0.0999. The van der Waals surface area contributed by atoms with Crippen molar-refractivity contribution < 1.29 is 13.2 Å². The first-order valence-corrected chi connectivity index (χ1v) is 11.8. The van der Waals surface area contributed by atoms with Gasteiger partial charge in [-0.1, -0.05) is 41.7 Å². The molecule has 4 aromatic rings. The molecule has 0 N–H and O–H groups in total. The summed E-state index contributed by atoms with van der Waals surface area (Å²) in [5, 5.41) is 0.561. The summed E-state index contributed by atoms with van der Waals surface area (Å²) in [5.41, 5.74) is 2.86. The Morgan fingerprint density at radius 2 is 1.55 bits per heavy atom. The second kappa shape index (κ2) is 8.22. The highest BCUT2D eigenvalue weighted by atomic mass is 32.2. The molecular formula is C23H21N3O3S2. The van der Waals surface area contributed by atoms with Gasteiger partial charge in [-0.2, -0.15) is 0 Å². The molecule has 0 saturated heterocycles. The second-order valence-corrected chi connectivity index (χ2v) is 10.4. The number of anilines is 2. The van der Waals surface area contributed by atoms with Crippen LogP contribution < -0.4 is 4.90 Å². The van der Waals surface area contributed by atoms with Crippen LogP contribution in [-0.2, 0) is 10.0 Å². The highest BCUT2D eigenvalue weighted by Crippen LogP contribution is 2.36. The second-order valence-electron chi connectivity index (χ2n) is 7.20. The Bertz CT molecular complexity index is 1330. The number of sulfonamides is 1. The summed E-state index contributed by atoms with van der Waals surface area (Å²) in [6, 6.07) is 21.3. The maximum atomic E-state index is 13.6. The molecule has 0 fully saturated rings. The van der Waals surface area contributed by atoms with Crippen molar-refractivity contribution in [3.8, 4) is 0 Å². The lowest BCUT2D eigenvalue weighted by atomic mass is 10.1. The standard InChI is InChI=1S/C23H21N3O3S2/c1-16-8-4-6-10-20(16)26(23-24-19-9-5-7-11-21(19)30-23)22(27)17-12-14-18(15-13-17)31(28,29)25(2)3/h4-15H,1-3H3. The summed E-state index contributed by atoms with van der Waals surface area (Å²) in [5.74, 6) is -0.276. The lowest BCUT2D eigenvalue weighted by Gasteiger charge is -2.22. The molecule has 31 heavy (non-hydrogen) atoms. The number of carbonyl (C=O) groups excluding carboxylic acids is 1. The molecule has 4 rings (SSSR count). The smallest absolute Gasteiger partial charge is 0.264 e. The van der Waals surface area contributed by atoms with Gasteiger partial charge in [0.25, 0.3) is 5.91 Å². The van der Waals surface area contributed by atoms with Crippen LogP contribution in [0, 0.1) is 6.92 Å². The van der Waals surface area contributed by atoms with E-state index in [1.54, 1.807) is 4.90 Å². The van der Waals surface area contributed by atoms with E-state index in [-0.39, 0.29) is 10.8 Å². The normalized spacial score (nSPS) is 11.7. The molecule has 0 saturated carbocycles. The molecule has 0 unspecified atom stereocenters. The van der Waals surface area contributed by atoms with Gasteiger partial charge < -0.3 is 0 Å². The van der Waals surface area contributed by atoms with Crippen LogP contribution in [0.15, 0.2) is 77.7 Å². The van der Waals surface area contributed by atoms with Crippen molar-refractivity contribution in [3.05, 3.63) is 83.9 Å². The summed E-state index contributed by atoms with van der Waals surface area (Å²) in [4.78, 5) is 20.0. The van der Waals surface area contributed by atoms with Crippen LogP contribution in [0.3, 0.4) is 0 Å². The number of para-hydroxylation sites is 2. The Hall–Kier alpha value is -3.07. The molecule has 6 nitrogen and oxygen atoms in total. The van der Waals surface area contributed by atoms with E-state index in [4.69, 9.17) is 0 Å². The van der Waals surface area contributed by atoms with Gasteiger partial charge in [0, 0.05) is 19.7 Å². The summed E-state index contributed by atoms with van der Waals surface area (Å²) in [6.07, 6.45) is 0. The average Bonchev–Trinajstić information content (AvgIpc) is 3.19. The fraction of sp³-hybridized carbons (Fsp3) is 0.130. The molecule has 0 atom stereocenters. The van der Waals surface area contributed by atoms with Crippen molar-refractivity contribution in [3.63, 3.8) is 0 Å². The van der Waals surface area contributed by atoms with Gasteiger partial charge in [0.05, 0.1) is 20.8 Å². The number of hydrogen-bond acceptors (Lipinski definition) is 5. The van der Waals surface area contributed by atoms with Gasteiger partial charge in [-0.25, -0.2) is 17.7 Å². The molecule has 3 aromatic carbocycles. The van der Waals surface area contributed by atoms with Crippen molar-refractivity contribution in [2.45, 2.75) is 11.8 Å². The summed E-state index contributed by atoms with van der Waals surface area (Å²) < 4.78 is 26.8. The van der Waals surface area contributed by atoms with Gasteiger partial charge in [0.2, 0.25) is 10.0 Å². The monoisotopic (exact) mass is 451 g/mol. The van der Waals surface area contributed by atoms with E-state index in [0.717, 1.165) is 25.8 Å². The fourth-order valence-electron chi connectivity index (χ4n) is 3.18. The summed E-state index contributed by atoms with van der Waals surface area (Å²) in [6.45, 7) is 1.94. The average molecular weight is 452 g/mol. The predicted octanol–water partition coefficient (Wildman–Crippen LogP) is 4.83. The maximum Gasteiger partial charge on any atom is 0.264 e. The van der Waals surface area contributed by atoms with Crippen molar-refractivity contribution in [2.75, 3.05) is 19.0 Å². The first-order valence-electron chi connectivity index (χ1n) is 9.57. The maximum absolute atomic E-state index is 13.6. The van der Waals surface area contributed by atoms with Crippen LogP contribution in [0.1, 0.15) is 15.9 Å². The number of aryl methyl sites for hydroxylation is 1. The lowest BCUT2D eigenvalue weighted by Crippen LogP contribution is -2.27. The molecular weight excluding hydrogens is 430 g/mol. The van der Waals surface area contributed by atoms with E-state index in [0.29, 0.717) is 10.7 Å². The van der Waals surface area contributed by atoms with E-state index in [1.165, 1.54) is 49.7 Å². The highest BCUT2D eigenvalue weighted by molar-refractivity contribution is 7.89. The molecule has 0 radical (unpaired) electrons. The van der Waals surface area contributed by atoms with Crippen molar-refractivity contribution >= 4 is 48.3 Å². The third-order valence-electron chi connectivity index (χ3n) is 4.91. The topological polar surface area (TPSA) is 70.6 Å². The minimum Gasteiger partial charge on any atom is -0.268 e. The van der Waals surface area contributed by atoms with Crippen LogP contribution >= 0.6 is 11.3 Å². The quantitative estimate of drug-likeness (QED) is 0.436.